The lowest BCUT2D eigenvalue weighted by atomic mass is 9.86. The Morgan fingerprint density at radius 2 is 1.92 bits per heavy atom. The number of carbonyl (C=O) groups is 2. The number of carbonyl (C=O) groups excluding carboxylic acids is 2. The van der Waals surface area contributed by atoms with E-state index in [1.165, 1.54) is 6.92 Å². The molecule has 26 heavy (non-hydrogen) atoms. The lowest BCUT2D eigenvalue weighted by molar-refractivity contribution is -0.250. The summed E-state index contributed by atoms with van der Waals surface area (Å²) < 4.78 is 17.1. The Morgan fingerprint density at radius 1 is 1.23 bits per heavy atom. The molecule has 0 amide bonds. The molecule has 1 fully saturated rings. The van der Waals surface area contributed by atoms with E-state index in [2.05, 4.69) is 13.8 Å². The number of Topliss-reactive ketones (excluding diaryl/α,β-unsaturated/α-hetero) is 1. The number of hydrogen-bond acceptors (Lipinski definition) is 5. The first-order valence-corrected chi connectivity index (χ1v) is 9.43. The van der Waals surface area contributed by atoms with E-state index in [1.54, 1.807) is 6.92 Å². The molecule has 0 bridgehead atoms. The molecule has 1 saturated heterocycles. The third-order valence-corrected chi connectivity index (χ3v) is 4.96. The molecule has 1 aliphatic heterocycles. The fourth-order valence-electron chi connectivity index (χ4n) is 3.45. The van der Waals surface area contributed by atoms with Crippen molar-refractivity contribution in [1.29, 1.82) is 0 Å². The largest absolute Gasteiger partial charge is 0.465 e. The van der Waals surface area contributed by atoms with Gasteiger partial charge >= 0.3 is 5.97 Å². The average Bonchev–Trinajstić information content (AvgIpc) is 2.62. The number of ketones is 1. The minimum atomic E-state index is -0.683. The molecule has 2 rings (SSSR count). The molecule has 2 unspecified atom stereocenters. The summed E-state index contributed by atoms with van der Waals surface area (Å²) in [7, 11) is 0. The van der Waals surface area contributed by atoms with Crippen LogP contribution in [-0.4, -0.2) is 31.1 Å². The number of rotatable bonds is 8. The van der Waals surface area contributed by atoms with Gasteiger partial charge in [0.25, 0.3) is 0 Å². The van der Waals surface area contributed by atoms with Crippen LogP contribution in [0, 0.1) is 17.8 Å². The summed E-state index contributed by atoms with van der Waals surface area (Å²) in [5.41, 5.74) is 1.00. The van der Waals surface area contributed by atoms with Gasteiger partial charge in [0.2, 0.25) is 0 Å². The van der Waals surface area contributed by atoms with Crippen LogP contribution in [0.1, 0.15) is 52.4 Å². The molecular formula is C21H30O5. The Hall–Kier alpha value is -1.72. The van der Waals surface area contributed by atoms with Crippen LogP contribution in [0.2, 0.25) is 0 Å². The molecule has 0 spiro atoms. The first-order chi connectivity index (χ1) is 12.4. The van der Waals surface area contributed by atoms with Gasteiger partial charge in [0.1, 0.15) is 11.7 Å². The van der Waals surface area contributed by atoms with Crippen molar-refractivity contribution < 1.29 is 23.8 Å². The standard InChI is InChI=1S/C21H30O5/c1-5-24-20(23)18(16(4)22)12-11-14(2)19-15(3)13-25-21(26-19)17-9-7-6-8-10-17/h6-10,14-15,18-19,21H,5,11-13H2,1-4H3/t14?,15-,18?,19+,21-/m1/s1. The quantitative estimate of drug-likeness (QED) is 0.518. The van der Waals surface area contributed by atoms with Crippen molar-refractivity contribution in [2.45, 2.75) is 52.9 Å². The van der Waals surface area contributed by atoms with Crippen LogP contribution in [-0.2, 0) is 23.8 Å². The van der Waals surface area contributed by atoms with Crippen LogP contribution < -0.4 is 0 Å². The first kappa shape index (κ1) is 20.6. The zero-order valence-corrected chi connectivity index (χ0v) is 16.1. The van der Waals surface area contributed by atoms with Crippen LogP contribution in [0.15, 0.2) is 30.3 Å². The fraction of sp³-hybridized carbons (Fsp3) is 0.619. The normalized spacial score (nSPS) is 25.3. The van der Waals surface area contributed by atoms with Crippen molar-refractivity contribution >= 4 is 11.8 Å². The van der Waals surface area contributed by atoms with Crippen LogP contribution in [0.3, 0.4) is 0 Å². The highest BCUT2D eigenvalue weighted by molar-refractivity contribution is 5.97. The van der Waals surface area contributed by atoms with E-state index < -0.39 is 11.9 Å². The Morgan fingerprint density at radius 3 is 2.54 bits per heavy atom. The molecule has 1 aromatic rings. The number of benzene rings is 1. The molecule has 5 atom stereocenters. The summed E-state index contributed by atoms with van der Waals surface area (Å²) in [6.45, 7) is 8.33. The van der Waals surface area contributed by atoms with Gasteiger partial charge in [-0.15, -0.1) is 0 Å². The summed E-state index contributed by atoms with van der Waals surface area (Å²) >= 11 is 0. The van der Waals surface area contributed by atoms with Crippen molar-refractivity contribution in [2.24, 2.45) is 17.8 Å². The third kappa shape index (κ3) is 5.39. The SMILES string of the molecule is CCOC(=O)C(CCC(C)[C@@H]1O[C@H](c2ccccc2)OC[C@H]1C)C(C)=O. The molecular weight excluding hydrogens is 332 g/mol. The van der Waals surface area contributed by atoms with Crippen LogP contribution in [0.25, 0.3) is 0 Å². The molecule has 1 aliphatic rings. The number of ether oxygens (including phenoxy) is 3. The molecule has 1 heterocycles. The van der Waals surface area contributed by atoms with E-state index in [1.807, 2.05) is 30.3 Å². The van der Waals surface area contributed by atoms with Gasteiger partial charge in [-0.25, -0.2) is 0 Å². The van der Waals surface area contributed by atoms with Crippen LogP contribution >= 0.6 is 0 Å². The Balaban J connectivity index is 1.97. The van der Waals surface area contributed by atoms with Crippen molar-refractivity contribution in [3.05, 3.63) is 35.9 Å². The highest BCUT2D eigenvalue weighted by atomic mass is 16.7. The van der Waals surface area contributed by atoms with Crippen molar-refractivity contribution in [2.75, 3.05) is 13.2 Å². The van der Waals surface area contributed by atoms with Crippen molar-refractivity contribution in [1.82, 2.24) is 0 Å². The first-order valence-electron chi connectivity index (χ1n) is 9.43. The molecule has 0 aliphatic carbocycles. The Labute approximate surface area is 156 Å². The molecule has 0 saturated carbocycles. The molecule has 0 N–H and O–H groups in total. The average molecular weight is 362 g/mol. The smallest absolute Gasteiger partial charge is 0.316 e. The van der Waals surface area contributed by atoms with E-state index in [0.717, 1.165) is 12.0 Å². The summed E-state index contributed by atoms with van der Waals surface area (Å²) in [5, 5.41) is 0. The predicted molar refractivity (Wildman–Crippen MR) is 98.4 cm³/mol. The van der Waals surface area contributed by atoms with E-state index in [-0.39, 0.29) is 36.6 Å². The van der Waals surface area contributed by atoms with Gasteiger partial charge in [0, 0.05) is 11.5 Å². The maximum Gasteiger partial charge on any atom is 0.316 e. The Bertz CT molecular complexity index is 585. The monoisotopic (exact) mass is 362 g/mol. The Kier molecular flexibility index (Phi) is 7.79. The molecule has 5 heteroatoms. The highest BCUT2D eigenvalue weighted by Gasteiger charge is 2.34. The molecule has 0 radical (unpaired) electrons. The molecule has 144 valence electrons. The third-order valence-electron chi connectivity index (χ3n) is 4.96. The zero-order chi connectivity index (χ0) is 19.1. The molecule has 5 nitrogen and oxygen atoms in total. The van der Waals surface area contributed by atoms with Gasteiger partial charge in [-0.2, -0.15) is 0 Å². The summed E-state index contributed by atoms with van der Waals surface area (Å²) in [6, 6.07) is 9.89. The lowest BCUT2D eigenvalue weighted by Gasteiger charge is -2.38. The summed E-state index contributed by atoms with van der Waals surface area (Å²) in [4.78, 5) is 23.8. The second-order valence-electron chi connectivity index (χ2n) is 7.12. The van der Waals surface area contributed by atoms with Gasteiger partial charge in [0.15, 0.2) is 6.29 Å². The minimum Gasteiger partial charge on any atom is -0.465 e. The molecule has 1 aromatic carbocycles. The summed E-state index contributed by atoms with van der Waals surface area (Å²) in [6.07, 6.45) is 0.857. The van der Waals surface area contributed by atoms with Gasteiger partial charge < -0.3 is 14.2 Å². The maximum absolute atomic E-state index is 12.0. The number of esters is 1. The topological polar surface area (TPSA) is 61.8 Å². The lowest BCUT2D eigenvalue weighted by Crippen LogP contribution is -2.39. The highest BCUT2D eigenvalue weighted by Crippen LogP contribution is 2.34. The van der Waals surface area contributed by atoms with Gasteiger partial charge in [0.05, 0.1) is 19.3 Å². The van der Waals surface area contributed by atoms with Crippen LogP contribution in [0.5, 0.6) is 0 Å². The second kappa shape index (κ2) is 9.83. The fourth-order valence-corrected chi connectivity index (χ4v) is 3.45. The predicted octanol–water partition coefficient (Wildman–Crippen LogP) is 3.92. The van der Waals surface area contributed by atoms with E-state index in [0.29, 0.717) is 13.0 Å². The van der Waals surface area contributed by atoms with E-state index in [9.17, 15) is 9.59 Å². The van der Waals surface area contributed by atoms with E-state index >= 15 is 0 Å². The van der Waals surface area contributed by atoms with Crippen LogP contribution in [0.4, 0.5) is 0 Å². The van der Waals surface area contributed by atoms with E-state index in [4.69, 9.17) is 14.2 Å². The van der Waals surface area contributed by atoms with Gasteiger partial charge in [-0.3, -0.25) is 9.59 Å². The van der Waals surface area contributed by atoms with Crippen molar-refractivity contribution in [3.63, 3.8) is 0 Å². The molecule has 0 aromatic heterocycles. The summed E-state index contributed by atoms with van der Waals surface area (Å²) in [5.74, 6) is -0.786. The van der Waals surface area contributed by atoms with Gasteiger partial charge in [-0.05, 0) is 32.6 Å². The second-order valence-corrected chi connectivity index (χ2v) is 7.12. The zero-order valence-electron chi connectivity index (χ0n) is 16.1. The van der Waals surface area contributed by atoms with Crippen molar-refractivity contribution in [3.8, 4) is 0 Å². The maximum atomic E-state index is 12.0. The minimum absolute atomic E-state index is 0.0174. The number of hydrogen-bond donors (Lipinski definition) is 0. The van der Waals surface area contributed by atoms with Gasteiger partial charge in [-0.1, -0.05) is 44.2 Å².